The second-order valence-corrected chi connectivity index (χ2v) is 7.71. The highest BCUT2D eigenvalue weighted by atomic mass is 32.2. The molecule has 2 aromatic rings. The number of benzene rings is 1. The van der Waals surface area contributed by atoms with Gasteiger partial charge in [0.25, 0.3) is 0 Å². The molecule has 1 aliphatic heterocycles. The van der Waals surface area contributed by atoms with Crippen molar-refractivity contribution in [3.8, 4) is 0 Å². The summed E-state index contributed by atoms with van der Waals surface area (Å²) in [6.07, 6.45) is 3.36. The number of fused-ring (bicyclic) bond motifs is 1. The minimum atomic E-state index is 0.103. The first-order chi connectivity index (χ1) is 13.1. The topological polar surface area (TPSA) is 58.4 Å². The number of hydrogen-bond acceptors (Lipinski definition) is 4. The van der Waals surface area contributed by atoms with Gasteiger partial charge in [0.2, 0.25) is 11.8 Å². The standard InChI is InChI=1S/C20H28N4O2S/c1-3-22(4-2)19(26)15-27-20-21-16-10-6-7-11-17(16)24(20)14-18(25)23-12-8-5-9-13-23/h6-7,10-11H,3-5,8-9,12-15H2,1-2H3. The van der Waals surface area contributed by atoms with E-state index in [4.69, 9.17) is 0 Å². The minimum Gasteiger partial charge on any atom is -0.343 e. The number of imidazole rings is 1. The van der Waals surface area contributed by atoms with Crippen LogP contribution >= 0.6 is 11.8 Å². The zero-order chi connectivity index (χ0) is 19.2. The highest BCUT2D eigenvalue weighted by Gasteiger charge is 2.21. The van der Waals surface area contributed by atoms with Crippen LogP contribution in [0.2, 0.25) is 0 Å². The summed E-state index contributed by atoms with van der Waals surface area (Å²) in [6, 6.07) is 7.85. The molecule has 0 saturated carbocycles. The van der Waals surface area contributed by atoms with E-state index < -0.39 is 0 Å². The van der Waals surface area contributed by atoms with Crippen LogP contribution in [-0.4, -0.2) is 63.1 Å². The number of carbonyl (C=O) groups is 2. The van der Waals surface area contributed by atoms with E-state index in [2.05, 4.69) is 4.98 Å². The van der Waals surface area contributed by atoms with Gasteiger partial charge in [0.15, 0.2) is 5.16 Å². The van der Waals surface area contributed by atoms with Gasteiger partial charge in [0.1, 0.15) is 6.54 Å². The van der Waals surface area contributed by atoms with Crippen molar-refractivity contribution in [3.05, 3.63) is 24.3 Å². The molecule has 0 N–H and O–H groups in total. The van der Waals surface area contributed by atoms with Crippen molar-refractivity contribution in [1.29, 1.82) is 0 Å². The first kappa shape index (κ1) is 19.7. The third-order valence-corrected chi connectivity index (χ3v) is 6.02. The van der Waals surface area contributed by atoms with Crippen LogP contribution in [0.4, 0.5) is 0 Å². The molecule has 2 amide bonds. The van der Waals surface area contributed by atoms with Gasteiger partial charge in [-0.15, -0.1) is 0 Å². The first-order valence-corrected chi connectivity index (χ1v) is 10.8. The van der Waals surface area contributed by atoms with E-state index in [1.165, 1.54) is 18.2 Å². The zero-order valence-electron chi connectivity index (χ0n) is 16.2. The largest absolute Gasteiger partial charge is 0.343 e. The van der Waals surface area contributed by atoms with Crippen molar-refractivity contribution in [3.63, 3.8) is 0 Å². The number of hydrogen-bond donors (Lipinski definition) is 0. The summed E-state index contributed by atoms with van der Waals surface area (Å²) in [7, 11) is 0. The van der Waals surface area contributed by atoms with Gasteiger partial charge < -0.3 is 14.4 Å². The maximum absolute atomic E-state index is 12.8. The lowest BCUT2D eigenvalue weighted by Crippen LogP contribution is -2.37. The summed E-state index contributed by atoms with van der Waals surface area (Å²) in [6.45, 7) is 7.35. The second-order valence-electron chi connectivity index (χ2n) is 6.77. The molecular formula is C20H28N4O2S. The van der Waals surface area contributed by atoms with Crippen molar-refractivity contribution in [2.24, 2.45) is 0 Å². The molecule has 7 heteroatoms. The Morgan fingerprint density at radius 2 is 1.81 bits per heavy atom. The van der Waals surface area contributed by atoms with Crippen LogP contribution in [0.5, 0.6) is 0 Å². The fraction of sp³-hybridized carbons (Fsp3) is 0.550. The predicted octanol–water partition coefficient (Wildman–Crippen LogP) is 3.01. The molecule has 146 valence electrons. The third kappa shape index (κ3) is 4.64. The highest BCUT2D eigenvalue weighted by molar-refractivity contribution is 7.99. The number of piperidine rings is 1. The van der Waals surface area contributed by atoms with E-state index in [1.807, 2.05) is 52.5 Å². The van der Waals surface area contributed by atoms with Crippen molar-refractivity contribution in [2.45, 2.75) is 44.8 Å². The molecule has 0 aliphatic carbocycles. The smallest absolute Gasteiger partial charge is 0.242 e. The molecule has 0 radical (unpaired) electrons. The van der Waals surface area contributed by atoms with Gasteiger partial charge in [-0.2, -0.15) is 0 Å². The molecular weight excluding hydrogens is 360 g/mol. The van der Waals surface area contributed by atoms with E-state index in [-0.39, 0.29) is 18.4 Å². The molecule has 6 nitrogen and oxygen atoms in total. The van der Waals surface area contributed by atoms with E-state index >= 15 is 0 Å². The molecule has 0 atom stereocenters. The number of aromatic nitrogens is 2. The lowest BCUT2D eigenvalue weighted by atomic mass is 10.1. The van der Waals surface area contributed by atoms with E-state index in [0.717, 1.165) is 42.1 Å². The van der Waals surface area contributed by atoms with Gasteiger partial charge in [-0.05, 0) is 45.2 Å². The predicted molar refractivity (Wildman–Crippen MR) is 109 cm³/mol. The lowest BCUT2D eigenvalue weighted by molar-refractivity contribution is -0.132. The van der Waals surface area contributed by atoms with Crippen LogP contribution in [0, 0.1) is 0 Å². The van der Waals surface area contributed by atoms with Gasteiger partial charge in [0, 0.05) is 26.2 Å². The van der Waals surface area contributed by atoms with Gasteiger partial charge >= 0.3 is 0 Å². The molecule has 1 aliphatic rings. The Morgan fingerprint density at radius 1 is 1.11 bits per heavy atom. The molecule has 0 unspecified atom stereocenters. The number of nitrogens with zero attached hydrogens (tertiary/aromatic N) is 4. The van der Waals surface area contributed by atoms with Gasteiger partial charge in [-0.25, -0.2) is 4.98 Å². The van der Waals surface area contributed by atoms with Gasteiger partial charge in [-0.1, -0.05) is 23.9 Å². The van der Waals surface area contributed by atoms with E-state index in [1.54, 1.807) is 0 Å². The minimum absolute atomic E-state index is 0.103. The normalized spacial score (nSPS) is 14.5. The quantitative estimate of drug-likeness (QED) is 0.684. The summed E-state index contributed by atoms with van der Waals surface area (Å²) in [5.74, 6) is 0.573. The highest BCUT2D eigenvalue weighted by Crippen LogP contribution is 2.25. The lowest BCUT2D eigenvalue weighted by Gasteiger charge is -2.27. The van der Waals surface area contributed by atoms with Crippen molar-refractivity contribution < 1.29 is 9.59 Å². The summed E-state index contributed by atoms with van der Waals surface area (Å²) >= 11 is 1.42. The number of thioether (sulfide) groups is 1. The van der Waals surface area contributed by atoms with Crippen LogP contribution < -0.4 is 0 Å². The summed E-state index contributed by atoms with van der Waals surface area (Å²) in [4.78, 5) is 33.6. The second kappa shape index (κ2) is 9.26. The van der Waals surface area contributed by atoms with Crippen molar-refractivity contribution in [2.75, 3.05) is 31.9 Å². The molecule has 2 heterocycles. The molecule has 1 aromatic carbocycles. The first-order valence-electron chi connectivity index (χ1n) is 9.77. The van der Waals surface area contributed by atoms with Crippen molar-refractivity contribution in [1.82, 2.24) is 19.4 Å². The van der Waals surface area contributed by atoms with Crippen LogP contribution in [0.15, 0.2) is 29.4 Å². The average Bonchev–Trinajstić information content (AvgIpc) is 3.05. The third-order valence-electron chi connectivity index (χ3n) is 5.06. The van der Waals surface area contributed by atoms with Crippen LogP contribution in [-0.2, 0) is 16.1 Å². The van der Waals surface area contributed by atoms with Gasteiger partial charge in [0.05, 0.1) is 16.8 Å². The zero-order valence-corrected chi connectivity index (χ0v) is 17.0. The Labute approximate surface area is 164 Å². The Balaban J connectivity index is 1.79. The molecule has 0 spiro atoms. The van der Waals surface area contributed by atoms with E-state index in [0.29, 0.717) is 18.8 Å². The average molecular weight is 389 g/mol. The Hall–Kier alpha value is -2.02. The molecule has 3 rings (SSSR count). The summed E-state index contributed by atoms with van der Waals surface area (Å²) in [5.41, 5.74) is 1.81. The summed E-state index contributed by atoms with van der Waals surface area (Å²) in [5, 5.41) is 0.738. The Morgan fingerprint density at radius 3 is 2.52 bits per heavy atom. The van der Waals surface area contributed by atoms with Gasteiger partial charge in [-0.3, -0.25) is 9.59 Å². The van der Waals surface area contributed by atoms with Crippen molar-refractivity contribution >= 4 is 34.6 Å². The Kier molecular flexibility index (Phi) is 6.77. The number of rotatable bonds is 7. The number of amides is 2. The maximum Gasteiger partial charge on any atom is 0.242 e. The van der Waals surface area contributed by atoms with Crippen LogP contribution in [0.1, 0.15) is 33.1 Å². The fourth-order valence-electron chi connectivity index (χ4n) is 3.49. The number of para-hydroxylation sites is 2. The summed E-state index contributed by atoms with van der Waals surface area (Å²) < 4.78 is 1.96. The molecule has 0 bridgehead atoms. The monoisotopic (exact) mass is 388 g/mol. The molecule has 1 saturated heterocycles. The number of likely N-dealkylation sites (tertiary alicyclic amines) is 1. The molecule has 27 heavy (non-hydrogen) atoms. The maximum atomic E-state index is 12.8. The molecule has 1 aromatic heterocycles. The van der Waals surface area contributed by atoms with E-state index in [9.17, 15) is 9.59 Å². The SMILES string of the molecule is CCN(CC)C(=O)CSc1nc2ccccc2n1CC(=O)N1CCCCC1. The van der Waals surface area contributed by atoms with Crippen LogP contribution in [0.25, 0.3) is 11.0 Å². The number of carbonyl (C=O) groups excluding carboxylic acids is 2. The van der Waals surface area contributed by atoms with Crippen LogP contribution in [0.3, 0.4) is 0 Å². The molecule has 1 fully saturated rings. The fourth-order valence-corrected chi connectivity index (χ4v) is 4.41. The Bertz CT molecular complexity index is 794.